The molecule has 0 amide bonds. The van der Waals surface area contributed by atoms with E-state index in [-0.39, 0.29) is 22.9 Å². The number of aryl methyl sites for hydroxylation is 1. The van der Waals surface area contributed by atoms with Gasteiger partial charge in [0.25, 0.3) is 5.56 Å². The lowest BCUT2D eigenvalue weighted by molar-refractivity contribution is -0.121. The van der Waals surface area contributed by atoms with Gasteiger partial charge in [-0.25, -0.2) is 9.67 Å². The van der Waals surface area contributed by atoms with Gasteiger partial charge in [0.15, 0.2) is 10.9 Å². The van der Waals surface area contributed by atoms with Crippen LogP contribution in [0.2, 0.25) is 10.2 Å². The summed E-state index contributed by atoms with van der Waals surface area (Å²) in [6.45, 7) is 3.74. The highest BCUT2D eigenvalue weighted by Crippen LogP contribution is 2.35. The number of halogens is 2. The van der Waals surface area contributed by atoms with E-state index in [0.717, 1.165) is 22.3 Å². The predicted octanol–water partition coefficient (Wildman–Crippen LogP) is 5.43. The molecule has 5 rings (SSSR count). The lowest BCUT2D eigenvalue weighted by atomic mass is 10.00. The first-order valence-corrected chi connectivity index (χ1v) is 13.0. The number of ketones is 1. The van der Waals surface area contributed by atoms with E-state index in [1.54, 1.807) is 36.8 Å². The van der Waals surface area contributed by atoms with Crippen LogP contribution < -0.4 is 10.3 Å². The largest absolute Gasteiger partial charge is 0.495 e. The molecular formula is C28H24Cl2N6O3. The highest BCUT2D eigenvalue weighted by Gasteiger charge is 2.23. The summed E-state index contributed by atoms with van der Waals surface area (Å²) in [5.74, 6) is 0.294. The zero-order valence-electron chi connectivity index (χ0n) is 21.4. The highest BCUT2D eigenvalue weighted by molar-refractivity contribution is 6.31. The smallest absolute Gasteiger partial charge is 0.252 e. The Balaban J connectivity index is 1.52. The summed E-state index contributed by atoms with van der Waals surface area (Å²) in [5.41, 5.74) is 4.42. The van der Waals surface area contributed by atoms with Gasteiger partial charge in [0, 0.05) is 34.8 Å². The molecule has 0 saturated heterocycles. The van der Waals surface area contributed by atoms with Crippen molar-refractivity contribution < 1.29 is 9.53 Å². The number of carbonyl (C=O) groups excluding carboxylic acids is 1. The van der Waals surface area contributed by atoms with E-state index in [4.69, 9.17) is 27.9 Å². The summed E-state index contributed by atoms with van der Waals surface area (Å²) >= 11 is 12.3. The molecule has 0 bridgehead atoms. The fourth-order valence-corrected chi connectivity index (χ4v) is 4.89. The fourth-order valence-electron chi connectivity index (χ4n) is 4.59. The van der Waals surface area contributed by atoms with Gasteiger partial charge in [-0.2, -0.15) is 0 Å². The minimum absolute atomic E-state index is 0.102. The van der Waals surface area contributed by atoms with Gasteiger partial charge >= 0.3 is 0 Å². The molecule has 0 N–H and O–H groups in total. The van der Waals surface area contributed by atoms with Crippen molar-refractivity contribution in [3.8, 4) is 22.6 Å². The number of carbonyl (C=O) groups is 1. The first-order chi connectivity index (χ1) is 18.8. The molecular weight excluding hydrogens is 539 g/mol. The highest BCUT2D eigenvalue weighted by atomic mass is 35.5. The van der Waals surface area contributed by atoms with E-state index >= 15 is 0 Å². The zero-order valence-corrected chi connectivity index (χ0v) is 22.9. The Kier molecular flexibility index (Phi) is 7.45. The van der Waals surface area contributed by atoms with Gasteiger partial charge in [-0.3, -0.25) is 14.6 Å². The Morgan fingerprint density at radius 2 is 1.87 bits per heavy atom. The van der Waals surface area contributed by atoms with Crippen LogP contribution in [0.1, 0.15) is 30.6 Å². The summed E-state index contributed by atoms with van der Waals surface area (Å²) in [7, 11) is 1.51. The summed E-state index contributed by atoms with van der Waals surface area (Å²) in [5, 5.41) is 8.56. The lowest BCUT2D eigenvalue weighted by Crippen LogP contribution is -2.30. The second kappa shape index (κ2) is 11.0. The molecule has 0 spiro atoms. The maximum absolute atomic E-state index is 13.5. The molecule has 39 heavy (non-hydrogen) atoms. The SMILES string of the molecule is CC[C@@H](C(=O)Cc1ccc2ncc(C)nc2c1)n1cc(OC)c(-c2cc(Cl)ccc2-n2cc(Cl)nn2)cc1=O. The molecule has 0 saturated carbocycles. The maximum atomic E-state index is 13.5. The Hall–Kier alpha value is -4.08. The van der Waals surface area contributed by atoms with Crippen LogP contribution in [0.25, 0.3) is 27.8 Å². The van der Waals surface area contributed by atoms with Crippen molar-refractivity contribution in [3.63, 3.8) is 0 Å². The van der Waals surface area contributed by atoms with E-state index < -0.39 is 6.04 Å². The average Bonchev–Trinajstić information content (AvgIpc) is 3.35. The molecule has 0 unspecified atom stereocenters. The van der Waals surface area contributed by atoms with Crippen molar-refractivity contribution in [2.75, 3.05) is 7.11 Å². The van der Waals surface area contributed by atoms with Crippen LogP contribution in [0.4, 0.5) is 0 Å². The van der Waals surface area contributed by atoms with E-state index in [9.17, 15) is 9.59 Å². The molecule has 0 aliphatic carbocycles. The van der Waals surface area contributed by atoms with Crippen molar-refractivity contribution in [3.05, 3.63) is 92.8 Å². The average molecular weight is 563 g/mol. The van der Waals surface area contributed by atoms with Crippen LogP contribution in [0.5, 0.6) is 5.75 Å². The number of methoxy groups -OCH3 is 1. The van der Waals surface area contributed by atoms with Gasteiger partial charge in [0.1, 0.15) is 5.75 Å². The number of aromatic nitrogens is 6. The van der Waals surface area contributed by atoms with Gasteiger partial charge in [-0.05, 0) is 49.2 Å². The predicted molar refractivity (Wildman–Crippen MR) is 150 cm³/mol. The number of pyridine rings is 1. The van der Waals surface area contributed by atoms with Gasteiger partial charge in [-0.1, -0.05) is 41.4 Å². The summed E-state index contributed by atoms with van der Waals surface area (Å²) < 4.78 is 8.60. The van der Waals surface area contributed by atoms with Gasteiger partial charge in [-0.15, -0.1) is 5.10 Å². The molecule has 198 valence electrons. The van der Waals surface area contributed by atoms with Crippen LogP contribution >= 0.6 is 23.2 Å². The number of fused-ring (bicyclic) bond motifs is 1. The molecule has 0 radical (unpaired) electrons. The van der Waals surface area contributed by atoms with E-state index in [1.165, 1.54) is 22.4 Å². The number of nitrogens with zero attached hydrogens (tertiary/aromatic N) is 6. The summed E-state index contributed by atoms with van der Waals surface area (Å²) in [6.07, 6.45) is 5.39. The third-order valence-electron chi connectivity index (χ3n) is 6.42. The molecule has 0 aliphatic heterocycles. The number of ether oxygens (including phenoxy) is 1. The number of hydrogen-bond acceptors (Lipinski definition) is 7. The fraction of sp³-hybridized carbons (Fsp3) is 0.214. The number of rotatable bonds is 8. The molecule has 3 aromatic heterocycles. The van der Waals surface area contributed by atoms with Crippen molar-refractivity contribution in [2.45, 2.75) is 32.7 Å². The van der Waals surface area contributed by atoms with Crippen LogP contribution in [-0.4, -0.2) is 42.4 Å². The normalized spacial score (nSPS) is 12.0. The third kappa shape index (κ3) is 5.41. The first kappa shape index (κ1) is 26.5. The maximum Gasteiger partial charge on any atom is 0.252 e. The molecule has 2 aromatic carbocycles. The van der Waals surface area contributed by atoms with Crippen LogP contribution in [0.3, 0.4) is 0 Å². The summed E-state index contributed by atoms with van der Waals surface area (Å²) in [4.78, 5) is 35.8. The molecule has 5 aromatic rings. The quantitative estimate of drug-likeness (QED) is 0.248. The Labute approximate surface area is 234 Å². The van der Waals surface area contributed by atoms with E-state index in [2.05, 4.69) is 20.3 Å². The molecule has 1 atom stereocenters. The molecule has 0 fully saturated rings. The van der Waals surface area contributed by atoms with E-state index in [1.807, 2.05) is 32.0 Å². The standard InChI is InChI=1S/C28H24Cl2N6O3/c1-4-23(25(37)10-17-5-7-21-22(9-17)32-16(2)13-31-21)35-14-26(39-3)20(12-28(35)38)19-11-18(29)6-8-24(19)36-15-27(30)33-34-36/h5-9,11-15,23H,4,10H2,1-3H3/t23-/m0/s1. The van der Waals surface area contributed by atoms with E-state index in [0.29, 0.717) is 34.0 Å². The number of hydrogen-bond donors (Lipinski definition) is 0. The van der Waals surface area contributed by atoms with Crippen LogP contribution in [-0.2, 0) is 11.2 Å². The second-order valence-electron chi connectivity index (χ2n) is 9.05. The Morgan fingerprint density at radius 1 is 1.05 bits per heavy atom. The van der Waals surface area contributed by atoms with Crippen molar-refractivity contribution in [2.24, 2.45) is 0 Å². The zero-order chi connectivity index (χ0) is 27.7. The lowest BCUT2D eigenvalue weighted by Gasteiger charge is -2.20. The van der Waals surface area contributed by atoms with Gasteiger partial charge in [0.05, 0.1) is 48.0 Å². The third-order valence-corrected chi connectivity index (χ3v) is 6.83. The molecule has 3 heterocycles. The number of benzene rings is 2. The molecule has 9 nitrogen and oxygen atoms in total. The van der Waals surface area contributed by atoms with Gasteiger partial charge < -0.3 is 9.30 Å². The van der Waals surface area contributed by atoms with Crippen LogP contribution in [0, 0.1) is 6.92 Å². The Bertz CT molecular complexity index is 1760. The number of Topliss-reactive ketones (excluding diaryl/α,β-unsaturated/α-hetero) is 1. The monoisotopic (exact) mass is 562 g/mol. The van der Waals surface area contributed by atoms with Gasteiger partial charge in [0.2, 0.25) is 0 Å². The minimum atomic E-state index is -0.687. The minimum Gasteiger partial charge on any atom is -0.495 e. The summed E-state index contributed by atoms with van der Waals surface area (Å²) in [6, 6.07) is 11.5. The van der Waals surface area contributed by atoms with Crippen molar-refractivity contribution in [1.29, 1.82) is 0 Å². The van der Waals surface area contributed by atoms with Crippen molar-refractivity contribution in [1.82, 2.24) is 29.5 Å². The second-order valence-corrected chi connectivity index (χ2v) is 9.87. The molecule has 0 aliphatic rings. The first-order valence-electron chi connectivity index (χ1n) is 12.2. The topological polar surface area (TPSA) is 105 Å². The molecule has 11 heteroatoms. The van der Waals surface area contributed by atoms with Crippen LogP contribution in [0.15, 0.2) is 65.8 Å². The van der Waals surface area contributed by atoms with Crippen molar-refractivity contribution >= 4 is 40.0 Å². The Morgan fingerprint density at radius 3 is 2.59 bits per heavy atom.